The fourth-order valence-corrected chi connectivity index (χ4v) is 4.32. The molecule has 6 atom stereocenters. The molecule has 0 spiro atoms. The second-order valence-electron chi connectivity index (χ2n) is 6.32. The number of carbonyl (C=O) groups is 3. The molecule has 1 saturated carbocycles. The van der Waals surface area contributed by atoms with Crippen LogP contribution in [0.4, 0.5) is 26.7 Å². The number of nitrogens with one attached hydrogen (secondary N) is 2. The topological polar surface area (TPSA) is 84.5 Å². The Bertz CT molecular complexity index is 612. The Kier molecular flexibility index (Phi) is 7.67. The average molecular weight is 430 g/mol. The summed E-state index contributed by atoms with van der Waals surface area (Å²) in [4.78, 5) is 35.8. The second-order valence-corrected chi connectivity index (χ2v) is 7.57. The number of hydrogen-bond donors (Lipinski definition) is 2. The zero-order chi connectivity index (χ0) is 21.0. The van der Waals surface area contributed by atoms with Gasteiger partial charge in [0.25, 0.3) is 0 Å². The van der Waals surface area contributed by atoms with Crippen molar-refractivity contribution in [2.75, 3.05) is 12.4 Å². The molecule has 2 fully saturated rings. The summed E-state index contributed by atoms with van der Waals surface area (Å²) in [6.45, 7) is 3.19. The average Bonchev–Trinajstić information content (AvgIpc) is 3.11. The van der Waals surface area contributed by atoms with E-state index in [9.17, 15) is 36.3 Å². The van der Waals surface area contributed by atoms with Crippen molar-refractivity contribution < 1.29 is 41.1 Å². The lowest BCUT2D eigenvalue weighted by atomic mass is 9.81. The number of thioether (sulfide) groups is 1. The highest BCUT2D eigenvalue weighted by atomic mass is 32.2. The summed E-state index contributed by atoms with van der Waals surface area (Å²) in [7, 11) is 0. The van der Waals surface area contributed by atoms with Crippen molar-refractivity contribution in [3.8, 4) is 0 Å². The highest BCUT2D eigenvalue weighted by molar-refractivity contribution is 8.00. The van der Waals surface area contributed by atoms with Gasteiger partial charge in [0.1, 0.15) is 24.9 Å². The standard InChI is InChI=1S/C16H19F5N2O4S/c1-2-4-27-16(26)23-13(24)6-3-5-28-15(6)22-14(25)7-8(17)10(19)12(21)11(20)9(7)18/h2,6-12,15H,1,3-5H2,(H,22,25)(H,23,24,26). The van der Waals surface area contributed by atoms with Gasteiger partial charge in [-0.3, -0.25) is 14.9 Å². The molecule has 1 aliphatic carbocycles. The molecule has 1 aliphatic heterocycles. The number of hydrogen-bond acceptors (Lipinski definition) is 5. The number of ether oxygens (including phenoxy) is 1. The summed E-state index contributed by atoms with van der Waals surface area (Å²) < 4.78 is 72.7. The van der Waals surface area contributed by atoms with Crippen LogP contribution in [0.15, 0.2) is 12.7 Å². The minimum absolute atomic E-state index is 0.138. The molecule has 0 aromatic heterocycles. The Hall–Kier alpha value is -1.85. The maximum atomic E-state index is 13.9. The van der Waals surface area contributed by atoms with Crippen molar-refractivity contribution in [3.05, 3.63) is 12.7 Å². The molecule has 6 nitrogen and oxygen atoms in total. The third-order valence-corrected chi connectivity index (χ3v) is 5.75. The van der Waals surface area contributed by atoms with E-state index in [0.717, 1.165) is 11.8 Å². The summed E-state index contributed by atoms with van der Waals surface area (Å²) >= 11 is 1.05. The van der Waals surface area contributed by atoms with Crippen LogP contribution in [-0.4, -0.2) is 66.5 Å². The first-order valence-corrected chi connectivity index (χ1v) is 9.44. The van der Waals surface area contributed by atoms with E-state index in [4.69, 9.17) is 0 Å². The predicted molar refractivity (Wildman–Crippen MR) is 90.2 cm³/mol. The quantitative estimate of drug-likeness (QED) is 0.515. The van der Waals surface area contributed by atoms with Crippen LogP contribution in [0.1, 0.15) is 6.42 Å². The van der Waals surface area contributed by atoms with Gasteiger partial charge in [-0.15, -0.1) is 11.8 Å². The van der Waals surface area contributed by atoms with Gasteiger partial charge in [-0.05, 0) is 12.2 Å². The molecule has 2 aliphatic rings. The molecule has 12 heteroatoms. The summed E-state index contributed by atoms with van der Waals surface area (Å²) in [6.07, 6.45) is -14.2. The van der Waals surface area contributed by atoms with Crippen LogP contribution in [0.3, 0.4) is 0 Å². The smallest absolute Gasteiger partial charge is 0.414 e. The number of alkyl halides is 5. The van der Waals surface area contributed by atoms with E-state index in [-0.39, 0.29) is 13.0 Å². The molecule has 0 radical (unpaired) electrons. The van der Waals surface area contributed by atoms with Crippen LogP contribution in [0.25, 0.3) is 0 Å². The van der Waals surface area contributed by atoms with E-state index in [2.05, 4.69) is 16.6 Å². The number of amides is 3. The fraction of sp³-hybridized carbons (Fsp3) is 0.688. The maximum absolute atomic E-state index is 13.9. The number of imide groups is 1. The van der Waals surface area contributed by atoms with Crippen LogP contribution in [0.2, 0.25) is 0 Å². The van der Waals surface area contributed by atoms with Crippen molar-refractivity contribution >= 4 is 29.7 Å². The molecule has 0 aromatic rings. The molecule has 0 bridgehead atoms. The van der Waals surface area contributed by atoms with Gasteiger partial charge in [-0.1, -0.05) is 12.7 Å². The Morgan fingerprint density at radius 1 is 1.00 bits per heavy atom. The van der Waals surface area contributed by atoms with Gasteiger partial charge < -0.3 is 10.1 Å². The normalized spacial score (nSPS) is 37.8. The Balaban J connectivity index is 2.01. The molecule has 3 amide bonds. The number of rotatable bonds is 5. The second kappa shape index (κ2) is 9.57. The summed E-state index contributed by atoms with van der Waals surface area (Å²) in [5.41, 5.74) is 0. The summed E-state index contributed by atoms with van der Waals surface area (Å²) in [5, 5.41) is 3.13. The number of carbonyl (C=O) groups excluding carboxylic acids is 3. The molecule has 0 aromatic carbocycles. The van der Waals surface area contributed by atoms with Crippen molar-refractivity contribution in [1.29, 1.82) is 0 Å². The van der Waals surface area contributed by atoms with Crippen molar-refractivity contribution in [3.63, 3.8) is 0 Å². The minimum atomic E-state index is -3.00. The lowest BCUT2D eigenvalue weighted by Gasteiger charge is -2.36. The number of alkyl carbamates (subject to hydrolysis) is 1. The molecule has 6 unspecified atom stereocenters. The highest BCUT2D eigenvalue weighted by Crippen LogP contribution is 2.37. The first kappa shape index (κ1) is 22.4. The highest BCUT2D eigenvalue weighted by Gasteiger charge is 2.56. The first-order valence-electron chi connectivity index (χ1n) is 8.39. The molecule has 1 saturated heterocycles. The van der Waals surface area contributed by atoms with Gasteiger partial charge in [-0.25, -0.2) is 26.7 Å². The summed E-state index contributed by atoms with van der Waals surface area (Å²) in [5.74, 6) is -5.13. The molecule has 158 valence electrons. The number of halogens is 5. The van der Waals surface area contributed by atoms with Crippen molar-refractivity contribution in [1.82, 2.24) is 10.6 Å². The van der Waals surface area contributed by atoms with E-state index in [1.165, 1.54) is 6.08 Å². The van der Waals surface area contributed by atoms with E-state index in [0.29, 0.717) is 5.75 Å². The van der Waals surface area contributed by atoms with E-state index in [1.807, 2.05) is 5.32 Å². The molecule has 28 heavy (non-hydrogen) atoms. The summed E-state index contributed by atoms with van der Waals surface area (Å²) in [6, 6.07) is 0. The van der Waals surface area contributed by atoms with Crippen LogP contribution in [-0.2, 0) is 14.3 Å². The van der Waals surface area contributed by atoms with E-state index < -0.39 is 66.0 Å². The first-order chi connectivity index (χ1) is 13.2. The van der Waals surface area contributed by atoms with Gasteiger partial charge in [0.05, 0.1) is 11.3 Å². The predicted octanol–water partition coefficient (Wildman–Crippen LogP) is 1.94. The zero-order valence-electron chi connectivity index (χ0n) is 14.5. The lowest BCUT2D eigenvalue weighted by molar-refractivity contribution is -0.143. The van der Waals surface area contributed by atoms with Gasteiger partial charge in [0.2, 0.25) is 11.8 Å². The van der Waals surface area contributed by atoms with Crippen LogP contribution >= 0.6 is 11.8 Å². The van der Waals surface area contributed by atoms with Gasteiger partial charge in [0.15, 0.2) is 18.5 Å². The van der Waals surface area contributed by atoms with Crippen molar-refractivity contribution in [2.45, 2.75) is 42.7 Å². The molecule has 1 heterocycles. The monoisotopic (exact) mass is 430 g/mol. The Morgan fingerprint density at radius 3 is 2.14 bits per heavy atom. The third-order valence-electron chi connectivity index (χ3n) is 4.48. The van der Waals surface area contributed by atoms with Crippen molar-refractivity contribution in [2.24, 2.45) is 11.8 Å². The SMILES string of the molecule is C=CCOC(=O)NC(=O)C1CCSC1NC(=O)C1C(F)C(F)C(F)C(F)C1F. The lowest BCUT2D eigenvalue weighted by Crippen LogP contribution is -2.59. The van der Waals surface area contributed by atoms with Crippen LogP contribution in [0, 0.1) is 11.8 Å². The van der Waals surface area contributed by atoms with E-state index >= 15 is 0 Å². The zero-order valence-corrected chi connectivity index (χ0v) is 15.3. The Labute approximate surface area is 161 Å². The largest absolute Gasteiger partial charge is 0.445 e. The Morgan fingerprint density at radius 2 is 1.57 bits per heavy atom. The molecular weight excluding hydrogens is 411 g/mol. The molecule has 2 N–H and O–H groups in total. The van der Waals surface area contributed by atoms with Gasteiger partial charge in [0, 0.05) is 0 Å². The van der Waals surface area contributed by atoms with E-state index in [1.54, 1.807) is 0 Å². The minimum Gasteiger partial charge on any atom is -0.445 e. The third kappa shape index (κ3) is 4.76. The maximum Gasteiger partial charge on any atom is 0.414 e. The van der Waals surface area contributed by atoms with Gasteiger partial charge >= 0.3 is 6.09 Å². The van der Waals surface area contributed by atoms with Crippen LogP contribution < -0.4 is 10.6 Å². The van der Waals surface area contributed by atoms with Gasteiger partial charge in [-0.2, -0.15) is 0 Å². The van der Waals surface area contributed by atoms with Crippen LogP contribution in [0.5, 0.6) is 0 Å². The fourth-order valence-electron chi connectivity index (χ4n) is 2.99. The molecular formula is C16H19F5N2O4S. The molecule has 2 rings (SSSR count).